The molecule has 0 saturated heterocycles. The molecule has 0 amide bonds. The molecule has 0 radical (unpaired) electrons. The van der Waals surface area contributed by atoms with Gasteiger partial charge >= 0.3 is 0 Å². The molecule has 1 atom stereocenters. The van der Waals surface area contributed by atoms with Crippen LogP contribution in [0.4, 0.5) is 0 Å². The Morgan fingerprint density at radius 3 is 1.64 bits per heavy atom. The zero-order valence-corrected chi connectivity index (χ0v) is 17.6. The average molecular weight is 392 g/mol. The quantitative estimate of drug-likeness (QED) is 0.445. The predicted octanol–water partition coefficient (Wildman–Crippen LogP) is 3.52. The second-order valence-electron chi connectivity index (χ2n) is 7.13. The van der Waals surface area contributed by atoms with Gasteiger partial charge in [-0.25, -0.2) is 0 Å². The van der Waals surface area contributed by atoms with E-state index >= 15 is 0 Å². The summed E-state index contributed by atoms with van der Waals surface area (Å²) >= 11 is 0. The topological polar surface area (TPSA) is 0 Å². The number of hydrogen-bond donors (Lipinski definition) is 0. The van der Waals surface area contributed by atoms with Gasteiger partial charge in [0.05, 0.1) is 14.1 Å². The van der Waals surface area contributed by atoms with Gasteiger partial charge in [0.25, 0.3) is 0 Å². The van der Waals surface area contributed by atoms with Crippen LogP contribution in [-0.4, -0.2) is 18.6 Å². The van der Waals surface area contributed by atoms with Gasteiger partial charge in [-0.1, -0.05) is 110 Å². The molecule has 0 aliphatic heterocycles. The summed E-state index contributed by atoms with van der Waals surface area (Å²) in [5.41, 5.74) is 3.85. The average Bonchev–Trinajstić information content (AvgIpc) is 2.70. The Morgan fingerprint density at radius 2 is 1.21 bits per heavy atom. The molecule has 2 heteroatoms. The van der Waals surface area contributed by atoms with Crippen molar-refractivity contribution in [3.8, 4) is 0 Å². The molecule has 0 aliphatic rings. The number of rotatable bonds is 6. The molecular formula is C26H30ClN. The summed E-state index contributed by atoms with van der Waals surface area (Å²) in [6.07, 6.45) is 3.89. The molecular weight excluding hydrogens is 362 g/mol. The van der Waals surface area contributed by atoms with Crippen molar-refractivity contribution in [1.29, 1.82) is 0 Å². The summed E-state index contributed by atoms with van der Waals surface area (Å²) < 4.78 is 0.873. The monoisotopic (exact) mass is 391 g/mol. The Balaban J connectivity index is 0.000000367. The van der Waals surface area contributed by atoms with Gasteiger partial charge in [-0.3, -0.25) is 0 Å². The standard InChI is InChI=1S/C18H22N.C8H8.ClH/c1-4-18(17-13-9-6-10-14-17)19(2,3)15-16-11-7-5-8-12-16;1-2-8-6-4-3-5-7-8;/h4-14,18H,1,15H2,2-3H3;2-7H,1H2;1H/q+1;;/p-1. The fourth-order valence-corrected chi connectivity index (χ4v) is 3.22. The van der Waals surface area contributed by atoms with Gasteiger partial charge < -0.3 is 16.9 Å². The maximum Gasteiger partial charge on any atom is 0.133 e. The highest BCUT2D eigenvalue weighted by molar-refractivity contribution is 5.45. The van der Waals surface area contributed by atoms with E-state index in [1.54, 1.807) is 0 Å². The molecule has 0 aromatic heterocycles. The third kappa shape index (κ3) is 7.19. The van der Waals surface area contributed by atoms with Gasteiger partial charge in [0.15, 0.2) is 0 Å². The molecule has 3 aromatic carbocycles. The van der Waals surface area contributed by atoms with E-state index in [0.29, 0.717) is 6.04 Å². The SMILES string of the molecule is C=CC(c1ccccc1)[N+](C)(C)Cc1ccccc1.C=Cc1ccccc1.[Cl-]. The summed E-state index contributed by atoms with van der Waals surface area (Å²) in [6, 6.07) is 31.6. The van der Waals surface area contributed by atoms with Gasteiger partial charge in [-0.2, -0.15) is 0 Å². The van der Waals surface area contributed by atoms with Gasteiger partial charge in [0, 0.05) is 11.1 Å². The first-order valence-corrected chi connectivity index (χ1v) is 9.28. The second-order valence-corrected chi connectivity index (χ2v) is 7.13. The van der Waals surface area contributed by atoms with Crippen LogP contribution >= 0.6 is 0 Å². The molecule has 0 heterocycles. The molecule has 0 aliphatic carbocycles. The summed E-state index contributed by atoms with van der Waals surface area (Å²) in [6.45, 7) is 8.65. The fourth-order valence-electron chi connectivity index (χ4n) is 3.22. The van der Waals surface area contributed by atoms with Crippen molar-refractivity contribution in [1.82, 2.24) is 0 Å². The Bertz CT molecular complexity index is 811. The van der Waals surface area contributed by atoms with E-state index in [9.17, 15) is 0 Å². The minimum absolute atomic E-state index is 0. The molecule has 1 nitrogen and oxygen atoms in total. The lowest BCUT2D eigenvalue weighted by Crippen LogP contribution is -3.00. The lowest BCUT2D eigenvalue weighted by Gasteiger charge is -2.37. The van der Waals surface area contributed by atoms with Crippen LogP contribution in [0.25, 0.3) is 6.08 Å². The van der Waals surface area contributed by atoms with E-state index in [1.165, 1.54) is 16.7 Å². The third-order valence-corrected chi connectivity index (χ3v) is 4.59. The molecule has 0 bridgehead atoms. The third-order valence-electron chi connectivity index (χ3n) is 4.59. The number of halogens is 1. The maximum atomic E-state index is 4.03. The van der Waals surface area contributed by atoms with Crippen LogP contribution in [0.15, 0.2) is 110 Å². The number of nitrogens with zero attached hydrogens (tertiary/aromatic N) is 1. The van der Waals surface area contributed by atoms with E-state index in [2.05, 4.69) is 94.0 Å². The Kier molecular flexibility index (Phi) is 10.0. The van der Waals surface area contributed by atoms with E-state index in [4.69, 9.17) is 0 Å². The Labute approximate surface area is 176 Å². The molecule has 0 saturated carbocycles. The molecule has 0 spiro atoms. The number of likely N-dealkylation sites (N-methyl/N-ethyl adjacent to an activating group) is 1. The highest BCUT2D eigenvalue weighted by atomic mass is 35.5. The molecule has 0 fully saturated rings. The lowest BCUT2D eigenvalue weighted by molar-refractivity contribution is -0.927. The summed E-state index contributed by atoms with van der Waals surface area (Å²) in [5, 5.41) is 0. The Hall–Kier alpha value is -2.61. The molecule has 1 unspecified atom stereocenters. The van der Waals surface area contributed by atoms with Gasteiger partial charge in [0.2, 0.25) is 0 Å². The predicted molar refractivity (Wildman–Crippen MR) is 118 cm³/mol. The van der Waals surface area contributed by atoms with E-state index in [1.807, 2.05) is 36.4 Å². The number of hydrogen-bond acceptors (Lipinski definition) is 0. The van der Waals surface area contributed by atoms with Gasteiger partial charge in [0.1, 0.15) is 12.6 Å². The first kappa shape index (κ1) is 23.4. The Morgan fingerprint density at radius 1 is 0.750 bits per heavy atom. The maximum absolute atomic E-state index is 4.03. The van der Waals surface area contributed by atoms with E-state index in [-0.39, 0.29) is 12.4 Å². The van der Waals surface area contributed by atoms with Crippen LogP contribution in [-0.2, 0) is 6.54 Å². The first-order valence-electron chi connectivity index (χ1n) is 9.28. The summed E-state index contributed by atoms with van der Waals surface area (Å²) in [4.78, 5) is 0. The minimum Gasteiger partial charge on any atom is -1.00 e. The fraction of sp³-hybridized carbons (Fsp3) is 0.154. The van der Waals surface area contributed by atoms with Crippen LogP contribution < -0.4 is 12.4 Å². The van der Waals surface area contributed by atoms with Crippen LogP contribution in [0.1, 0.15) is 22.7 Å². The highest BCUT2D eigenvalue weighted by Gasteiger charge is 2.27. The molecule has 146 valence electrons. The minimum atomic E-state index is 0. The second kappa shape index (κ2) is 12.0. The van der Waals surface area contributed by atoms with Crippen LogP contribution in [0, 0.1) is 0 Å². The molecule has 3 aromatic rings. The largest absolute Gasteiger partial charge is 1.00 e. The number of quaternary nitrogens is 1. The molecule has 3 rings (SSSR count). The van der Waals surface area contributed by atoms with Gasteiger partial charge in [-0.05, 0) is 11.6 Å². The van der Waals surface area contributed by atoms with Crippen molar-refractivity contribution < 1.29 is 16.9 Å². The molecule has 28 heavy (non-hydrogen) atoms. The van der Waals surface area contributed by atoms with Crippen molar-refractivity contribution in [2.24, 2.45) is 0 Å². The van der Waals surface area contributed by atoms with Crippen molar-refractivity contribution in [3.63, 3.8) is 0 Å². The number of benzene rings is 3. The van der Waals surface area contributed by atoms with Crippen LogP contribution in [0.3, 0.4) is 0 Å². The van der Waals surface area contributed by atoms with E-state index in [0.717, 1.165) is 11.0 Å². The normalized spacial score (nSPS) is 11.2. The zero-order chi connectivity index (χ0) is 19.5. The van der Waals surface area contributed by atoms with E-state index < -0.39 is 0 Å². The first-order chi connectivity index (χ1) is 13.1. The van der Waals surface area contributed by atoms with Crippen LogP contribution in [0.5, 0.6) is 0 Å². The van der Waals surface area contributed by atoms with Crippen molar-refractivity contribution in [3.05, 3.63) is 127 Å². The zero-order valence-electron chi connectivity index (χ0n) is 16.8. The highest BCUT2D eigenvalue weighted by Crippen LogP contribution is 2.28. The van der Waals surface area contributed by atoms with Crippen molar-refractivity contribution in [2.45, 2.75) is 12.6 Å². The molecule has 0 N–H and O–H groups in total. The smallest absolute Gasteiger partial charge is 0.133 e. The van der Waals surface area contributed by atoms with Crippen molar-refractivity contribution >= 4 is 6.08 Å². The van der Waals surface area contributed by atoms with Gasteiger partial charge in [-0.15, -0.1) is 0 Å². The lowest BCUT2D eigenvalue weighted by atomic mass is 10.0. The van der Waals surface area contributed by atoms with Crippen molar-refractivity contribution in [2.75, 3.05) is 14.1 Å². The summed E-state index contributed by atoms with van der Waals surface area (Å²) in [5.74, 6) is 0. The summed E-state index contributed by atoms with van der Waals surface area (Å²) in [7, 11) is 4.51. The van der Waals surface area contributed by atoms with Crippen LogP contribution in [0.2, 0.25) is 0 Å².